The monoisotopic (exact) mass is 512 g/mol. The minimum atomic E-state index is 0.745. The summed E-state index contributed by atoms with van der Waals surface area (Å²) < 4.78 is 0. The molecule has 0 saturated carbocycles. The van der Waals surface area contributed by atoms with E-state index in [1.807, 2.05) is 79.0 Å². The molecule has 0 spiro atoms. The van der Waals surface area contributed by atoms with Crippen LogP contribution in [-0.4, -0.2) is 29.9 Å². The molecule has 0 aliphatic heterocycles. The fourth-order valence-electron chi connectivity index (χ4n) is 5.29. The Morgan fingerprint density at radius 3 is 1.85 bits per heavy atom. The van der Waals surface area contributed by atoms with Crippen molar-refractivity contribution in [2.24, 2.45) is 0 Å². The van der Waals surface area contributed by atoms with Crippen LogP contribution in [0.2, 0.25) is 0 Å². The van der Waals surface area contributed by atoms with Crippen LogP contribution >= 0.6 is 0 Å². The zero-order valence-corrected chi connectivity index (χ0v) is 21.2. The van der Waals surface area contributed by atoms with Crippen molar-refractivity contribution in [3.05, 3.63) is 122 Å². The summed E-state index contributed by atoms with van der Waals surface area (Å²) in [5.41, 5.74) is 8.17. The molecule has 0 unspecified atom stereocenters. The van der Waals surface area contributed by atoms with E-state index in [2.05, 4.69) is 45.3 Å². The molecular formula is C34H20N6. The average molecular weight is 513 g/mol. The van der Waals surface area contributed by atoms with Crippen LogP contribution in [0.5, 0.6) is 0 Å². The number of hydrogen-bond acceptors (Lipinski definition) is 6. The van der Waals surface area contributed by atoms with E-state index < -0.39 is 0 Å². The number of nitrogens with zero attached hydrogens (tertiary/aromatic N) is 6. The lowest BCUT2D eigenvalue weighted by atomic mass is 10.00. The molecule has 40 heavy (non-hydrogen) atoms. The summed E-state index contributed by atoms with van der Waals surface area (Å²) in [6.45, 7) is 0. The van der Waals surface area contributed by atoms with E-state index in [1.165, 1.54) is 0 Å². The van der Waals surface area contributed by atoms with Crippen LogP contribution in [0.15, 0.2) is 122 Å². The second kappa shape index (κ2) is 8.99. The van der Waals surface area contributed by atoms with E-state index in [9.17, 15) is 0 Å². The summed E-state index contributed by atoms with van der Waals surface area (Å²) in [7, 11) is 0. The Bertz CT molecular complexity index is 2160. The van der Waals surface area contributed by atoms with Gasteiger partial charge < -0.3 is 0 Å². The fraction of sp³-hybridized carbons (Fsp3) is 0. The molecule has 0 aliphatic rings. The Balaban J connectivity index is 1.49. The quantitative estimate of drug-likeness (QED) is 0.179. The first-order valence-electron chi connectivity index (χ1n) is 13.0. The van der Waals surface area contributed by atoms with Crippen molar-refractivity contribution >= 4 is 43.6 Å². The average Bonchev–Trinajstić information content (AvgIpc) is 3.04. The lowest BCUT2D eigenvalue weighted by Crippen LogP contribution is -1.97. The maximum Gasteiger partial charge on any atom is 0.0980 e. The Kier molecular flexibility index (Phi) is 5.03. The molecule has 0 atom stereocenters. The summed E-state index contributed by atoms with van der Waals surface area (Å²) in [4.78, 5) is 29.2. The van der Waals surface area contributed by atoms with Crippen molar-refractivity contribution in [2.45, 2.75) is 0 Å². The van der Waals surface area contributed by atoms with Crippen molar-refractivity contribution in [3.8, 4) is 34.0 Å². The van der Waals surface area contributed by atoms with Crippen molar-refractivity contribution in [1.82, 2.24) is 29.9 Å². The van der Waals surface area contributed by atoms with Crippen LogP contribution in [-0.2, 0) is 0 Å². The van der Waals surface area contributed by atoms with Crippen molar-refractivity contribution in [3.63, 3.8) is 0 Å². The van der Waals surface area contributed by atoms with E-state index in [1.54, 1.807) is 12.4 Å². The largest absolute Gasteiger partial charge is 0.255 e. The molecule has 0 fully saturated rings. The second-order valence-electron chi connectivity index (χ2n) is 9.63. The fourth-order valence-corrected chi connectivity index (χ4v) is 5.29. The topological polar surface area (TPSA) is 77.3 Å². The first-order chi connectivity index (χ1) is 19.8. The molecule has 0 saturated heterocycles. The Hall–Kier alpha value is -5.62. The maximum atomic E-state index is 5.26. The molecule has 8 rings (SSSR count). The molecule has 8 aromatic rings. The molecule has 0 aliphatic carbocycles. The molecule has 0 bridgehead atoms. The first-order valence-corrected chi connectivity index (χ1v) is 13.0. The Labute approximate surface area is 229 Å². The van der Waals surface area contributed by atoms with E-state index >= 15 is 0 Å². The normalized spacial score (nSPS) is 11.5. The van der Waals surface area contributed by atoms with Gasteiger partial charge in [-0.2, -0.15) is 0 Å². The standard InChI is InChI=1S/C34H20N6/c1-2-10-26-24(9-1)25-18-22-14-13-21-8-7-17-37-31(21)32(22)40-34(25)33(39-26)23-19-29(27-11-3-5-15-35-27)38-30(20-23)28-12-4-6-16-36-28/h1-20H. The Morgan fingerprint density at radius 2 is 1.10 bits per heavy atom. The van der Waals surface area contributed by atoms with Gasteiger partial charge in [-0.15, -0.1) is 0 Å². The lowest BCUT2D eigenvalue weighted by Gasteiger charge is -2.13. The summed E-state index contributed by atoms with van der Waals surface area (Å²) in [5, 5.41) is 4.19. The van der Waals surface area contributed by atoms with Gasteiger partial charge >= 0.3 is 0 Å². The summed E-state index contributed by atoms with van der Waals surface area (Å²) in [6.07, 6.45) is 5.37. The first kappa shape index (κ1) is 22.4. The summed E-state index contributed by atoms with van der Waals surface area (Å²) in [6, 6.07) is 34.4. The predicted molar refractivity (Wildman–Crippen MR) is 160 cm³/mol. The van der Waals surface area contributed by atoms with Crippen LogP contribution in [0.4, 0.5) is 0 Å². The van der Waals surface area contributed by atoms with Gasteiger partial charge in [0.1, 0.15) is 0 Å². The van der Waals surface area contributed by atoms with Crippen LogP contribution in [0.1, 0.15) is 0 Å². The molecule has 0 radical (unpaired) electrons. The summed E-state index contributed by atoms with van der Waals surface area (Å²) >= 11 is 0. The van der Waals surface area contributed by atoms with E-state index in [0.717, 1.165) is 77.6 Å². The zero-order valence-electron chi connectivity index (χ0n) is 21.2. The molecule has 0 amide bonds. The minimum Gasteiger partial charge on any atom is -0.255 e. The number of aromatic nitrogens is 6. The highest BCUT2D eigenvalue weighted by molar-refractivity contribution is 6.15. The Morgan fingerprint density at radius 1 is 0.400 bits per heavy atom. The molecule has 6 nitrogen and oxygen atoms in total. The highest BCUT2D eigenvalue weighted by atomic mass is 14.8. The number of benzene rings is 2. The molecule has 0 N–H and O–H groups in total. The number of hydrogen-bond donors (Lipinski definition) is 0. The van der Waals surface area contributed by atoms with Crippen molar-refractivity contribution in [1.29, 1.82) is 0 Å². The van der Waals surface area contributed by atoms with Gasteiger partial charge in [0.25, 0.3) is 0 Å². The van der Waals surface area contributed by atoms with Gasteiger partial charge in [0.2, 0.25) is 0 Å². The van der Waals surface area contributed by atoms with Crippen LogP contribution < -0.4 is 0 Å². The molecule has 2 aromatic carbocycles. The van der Waals surface area contributed by atoms with Gasteiger partial charge in [-0.25, -0.2) is 15.0 Å². The highest BCUT2D eigenvalue weighted by Crippen LogP contribution is 2.36. The molecular weight excluding hydrogens is 492 g/mol. The molecule has 6 heterocycles. The number of rotatable bonds is 3. The van der Waals surface area contributed by atoms with Gasteiger partial charge in [0.05, 0.1) is 50.5 Å². The van der Waals surface area contributed by atoms with E-state index in [4.69, 9.17) is 15.0 Å². The number of para-hydroxylation sites is 1. The predicted octanol–water partition coefficient (Wildman–Crippen LogP) is 7.67. The molecule has 186 valence electrons. The third-order valence-electron chi connectivity index (χ3n) is 7.16. The van der Waals surface area contributed by atoms with Gasteiger partial charge in [-0.3, -0.25) is 15.0 Å². The molecule has 6 heteroatoms. The van der Waals surface area contributed by atoms with Crippen molar-refractivity contribution < 1.29 is 0 Å². The lowest BCUT2D eigenvalue weighted by molar-refractivity contribution is 1.22. The summed E-state index contributed by atoms with van der Waals surface area (Å²) in [5.74, 6) is 0. The third-order valence-corrected chi connectivity index (χ3v) is 7.16. The molecule has 6 aromatic heterocycles. The van der Waals surface area contributed by atoms with Gasteiger partial charge in [-0.1, -0.05) is 48.5 Å². The van der Waals surface area contributed by atoms with Crippen LogP contribution in [0, 0.1) is 0 Å². The zero-order chi connectivity index (χ0) is 26.5. The number of fused-ring (bicyclic) bond motifs is 6. The third kappa shape index (κ3) is 3.66. The smallest absolute Gasteiger partial charge is 0.0980 e. The van der Waals surface area contributed by atoms with Crippen LogP contribution in [0.3, 0.4) is 0 Å². The van der Waals surface area contributed by atoms with Crippen molar-refractivity contribution in [2.75, 3.05) is 0 Å². The number of pyridine rings is 6. The van der Waals surface area contributed by atoms with Crippen LogP contribution in [0.25, 0.3) is 77.6 Å². The van der Waals surface area contributed by atoms with Gasteiger partial charge in [0, 0.05) is 45.7 Å². The maximum absolute atomic E-state index is 5.26. The SMILES string of the molecule is c1ccc(-c2cc(-c3nc4ccccc4c4cc5ccc6cccnc6c5nc34)cc(-c3ccccn3)n2)nc1. The van der Waals surface area contributed by atoms with E-state index in [-0.39, 0.29) is 0 Å². The van der Waals surface area contributed by atoms with Gasteiger partial charge in [0.15, 0.2) is 0 Å². The minimum absolute atomic E-state index is 0.745. The second-order valence-corrected chi connectivity index (χ2v) is 9.63. The highest BCUT2D eigenvalue weighted by Gasteiger charge is 2.17. The van der Waals surface area contributed by atoms with Gasteiger partial charge in [-0.05, 0) is 54.6 Å². The van der Waals surface area contributed by atoms with E-state index in [0.29, 0.717) is 0 Å².